The summed E-state index contributed by atoms with van der Waals surface area (Å²) in [5.74, 6) is -0.251. The van der Waals surface area contributed by atoms with Gasteiger partial charge in [-0.2, -0.15) is 0 Å². The van der Waals surface area contributed by atoms with Crippen molar-refractivity contribution >= 4 is 11.5 Å². The maximum absolute atomic E-state index is 13.8. The molecular formula is C21H16FNO5. The van der Waals surface area contributed by atoms with Crippen molar-refractivity contribution in [3.8, 4) is 22.6 Å². The van der Waals surface area contributed by atoms with Gasteiger partial charge in [0, 0.05) is 17.7 Å². The zero-order chi connectivity index (χ0) is 20.1. The Labute approximate surface area is 160 Å². The number of nitrogens with zero attached hydrogens (tertiary/aromatic N) is 1. The van der Waals surface area contributed by atoms with Crippen LogP contribution in [0.1, 0.15) is 10.4 Å². The van der Waals surface area contributed by atoms with Gasteiger partial charge in [-0.05, 0) is 35.9 Å². The van der Waals surface area contributed by atoms with Gasteiger partial charge in [0.2, 0.25) is 5.78 Å². The molecule has 0 N–H and O–H groups in total. The third-order valence-electron chi connectivity index (χ3n) is 4.11. The first-order valence-electron chi connectivity index (χ1n) is 8.33. The smallest absolute Gasteiger partial charge is 0.270 e. The summed E-state index contributed by atoms with van der Waals surface area (Å²) in [6.45, 7) is -0.401. The first kappa shape index (κ1) is 19.0. The van der Waals surface area contributed by atoms with E-state index in [1.165, 1.54) is 43.5 Å². The van der Waals surface area contributed by atoms with Crippen molar-refractivity contribution in [3.05, 3.63) is 88.2 Å². The lowest BCUT2D eigenvalue weighted by molar-refractivity contribution is -0.384. The highest BCUT2D eigenvalue weighted by Gasteiger charge is 2.16. The fraction of sp³-hybridized carbons (Fsp3) is 0.0952. The Morgan fingerprint density at radius 2 is 1.79 bits per heavy atom. The Hall–Kier alpha value is -3.74. The van der Waals surface area contributed by atoms with Crippen LogP contribution in [-0.2, 0) is 0 Å². The van der Waals surface area contributed by atoms with Gasteiger partial charge >= 0.3 is 0 Å². The van der Waals surface area contributed by atoms with Crippen LogP contribution in [0.15, 0.2) is 66.7 Å². The van der Waals surface area contributed by atoms with Gasteiger partial charge in [0.15, 0.2) is 6.61 Å². The lowest BCUT2D eigenvalue weighted by Crippen LogP contribution is -2.13. The molecule has 142 valence electrons. The second kappa shape index (κ2) is 8.30. The number of Topliss-reactive ketones (excluding diaryl/α,β-unsaturated/α-hetero) is 1. The van der Waals surface area contributed by atoms with Gasteiger partial charge in [-0.1, -0.05) is 24.3 Å². The molecule has 0 bridgehead atoms. The molecule has 3 rings (SSSR count). The number of nitro groups is 1. The highest BCUT2D eigenvalue weighted by Crippen LogP contribution is 2.34. The van der Waals surface area contributed by atoms with Crippen LogP contribution in [0.4, 0.5) is 10.1 Å². The van der Waals surface area contributed by atoms with Crippen molar-refractivity contribution in [1.82, 2.24) is 0 Å². The minimum absolute atomic E-state index is 0.0737. The van der Waals surface area contributed by atoms with E-state index in [1.807, 2.05) is 0 Å². The summed E-state index contributed by atoms with van der Waals surface area (Å²) in [6, 6.07) is 16.6. The highest BCUT2D eigenvalue weighted by atomic mass is 19.1. The average molecular weight is 381 g/mol. The lowest BCUT2D eigenvalue weighted by atomic mass is 10.0. The number of methoxy groups -OCH3 is 1. The molecule has 0 spiro atoms. The van der Waals surface area contributed by atoms with Crippen LogP contribution < -0.4 is 9.47 Å². The number of carbonyl (C=O) groups excluding carboxylic acids is 1. The molecule has 0 amide bonds. The molecule has 0 fully saturated rings. The molecule has 6 nitrogen and oxygen atoms in total. The predicted octanol–water partition coefficient (Wildman–Crippen LogP) is 4.67. The van der Waals surface area contributed by atoms with Gasteiger partial charge in [0.25, 0.3) is 5.69 Å². The summed E-state index contributed by atoms with van der Waals surface area (Å²) in [5.41, 5.74) is 0.907. The zero-order valence-corrected chi connectivity index (χ0v) is 14.9. The number of ether oxygens (including phenoxy) is 2. The molecule has 3 aromatic rings. The number of non-ortho nitro benzene ring substituents is 1. The molecular weight excluding hydrogens is 365 g/mol. The van der Waals surface area contributed by atoms with Crippen LogP contribution in [-0.4, -0.2) is 24.4 Å². The second-order valence-corrected chi connectivity index (χ2v) is 5.86. The fourth-order valence-electron chi connectivity index (χ4n) is 2.66. The number of benzene rings is 3. The Morgan fingerprint density at radius 1 is 1.07 bits per heavy atom. The zero-order valence-electron chi connectivity index (χ0n) is 14.9. The van der Waals surface area contributed by atoms with E-state index in [4.69, 9.17) is 9.47 Å². The minimum Gasteiger partial charge on any atom is -0.497 e. The van der Waals surface area contributed by atoms with Gasteiger partial charge in [0.05, 0.1) is 17.6 Å². The van der Waals surface area contributed by atoms with Gasteiger partial charge in [-0.25, -0.2) is 4.39 Å². The average Bonchev–Trinajstić information content (AvgIpc) is 2.72. The number of rotatable bonds is 7. The monoisotopic (exact) mass is 381 g/mol. The third-order valence-corrected chi connectivity index (χ3v) is 4.11. The number of halogens is 1. The van der Waals surface area contributed by atoms with Crippen molar-refractivity contribution in [3.63, 3.8) is 0 Å². The molecule has 0 aliphatic carbocycles. The Kier molecular flexibility index (Phi) is 5.64. The Morgan fingerprint density at radius 3 is 2.43 bits per heavy atom. The second-order valence-electron chi connectivity index (χ2n) is 5.86. The molecule has 0 unspecified atom stereocenters. The highest BCUT2D eigenvalue weighted by molar-refractivity contribution is 5.97. The van der Waals surface area contributed by atoms with Crippen molar-refractivity contribution in [2.45, 2.75) is 0 Å². The van der Waals surface area contributed by atoms with E-state index in [-0.39, 0.29) is 17.0 Å². The number of carbonyl (C=O) groups is 1. The standard InChI is InChI=1S/C21H16FNO5/c1-27-16-9-6-14(7-10-16)18-12-15(23(25)26)8-11-21(18)28-13-20(24)17-4-2-3-5-19(17)22/h2-12H,13H2,1H3. The normalized spacial score (nSPS) is 10.4. The summed E-state index contributed by atoms with van der Waals surface area (Å²) in [6.07, 6.45) is 0. The molecule has 0 atom stereocenters. The van der Waals surface area contributed by atoms with Crippen LogP contribution in [0.3, 0.4) is 0 Å². The van der Waals surface area contributed by atoms with E-state index in [0.29, 0.717) is 16.9 Å². The Balaban J connectivity index is 1.90. The fourth-order valence-corrected chi connectivity index (χ4v) is 2.66. The van der Waals surface area contributed by atoms with Crippen molar-refractivity contribution < 1.29 is 23.6 Å². The van der Waals surface area contributed by atoms with Crippen LogP contribution in [0.2, 0.25) is 0 Å². The summed E-state index contributed by atoms with van der Waals surface area (Å²) in [7, 11) is 1.53. The molecule has 0 heterocycles. The molecule has 0 saturated carbocycles. The third kappa shape index (κ3) is 4.15. The van der Waals surface area contributed by atoms with Crippen molar-refractivity contribution in [2.75, 3.05) is 13.7 Å². The molecule has 0 aliphatic rings. The van der Waals surface area contributed by atoms with Crippen LogP contribution in [0.25, 0.3) is 11.1 Å². The Bertz CT molecular complexity index is 1020. The van der Waals surface area contributed by atoms with E-state index in [2.05, 4.69) is 0 Å². The molecule has 3 aromatic carbocycles. The van der Waals surface area contributed by atoms with Crippen molar-refractivity contribution in [1.29, 1.82) is 0 Å². The molecule has 0 aliphatic heterocycles. The van der Waals surface area contributed by atoms with Gasteiger partial charge in [-0.3, -0.25) is 14.9 Å². The SMILES string of the molecule is COc1ccc(-c2cc([N+](=O)[O-])ccc2OCC(=O)c2ccccc2F)cc1. The molecule has 0 radical (unpaired) electrons. The van der Waals surface area contributed by atoms with Crippen molar-refractivity contribution in [2.24, 2.45) is 0 Å². The first-order chi connectivity index (χ1) is 13.5. The summed E-state index contributed by atoms with van der Waals surface area (Å²) >= 11 is 0. The molecule has 7 heteroatoms. The molecule has 0 aromatic heterocycles. The van der Waals surface area contributed by atoms with Crippen LogP contribution >= 0.6 is 0 Å². The predicted molar refractivity (Wildman–Crippen MR) is 101 cm³/mol. The van der Waals surface area contributed by atoms with Gasteiger partial charge in [0.1, 0.15) is 17.3 Å². The van der Waals surface area contributed by atoms with Gasteiger partial charge < -0.3 is 9.47 Å². The van der Waals surface area contributed by atoms with E-state index >= 15 is 0 Å². The lowest BCUT2D eigenvalue weighted by Gasteiger charge is -2.12. The van der Waals surface area contributed by atoms with E-state index in [0.717, 1.165) is 0 Å². The molecule has 28 heavy (non-hydrogen) atoms. The number of ketones is 1. The topological polar surface area (TPSA) is 78.7 Å². The first-order valence-corrected chi connectivity index (χ1v) is 8.33. The summed E-state index contributed by atoms with van der Waals surface area (Å²) < 4.78 is 24.5. The number of hydrogen-bond acceptors (Lipinski definition) is 5. The van der Waals surface area contributed by atoms with Crippen LogP contribution in [0, 0.1) is 15.9 Å². The van der Waals surface area contributed by atoms with E-state index in [9.17, 15) is 19.3 Å². The van der Waals surface area contributed by atoms with E-state index in [1.54, 1.807) is 30.3 Å². The summed E-state index contributed by atoms with van der Waals surface area (Å²) in [4.78, 5) is 22.9. The van der Waals surface area contributed by atoms with E-state index < -0.39 is 23.1 Å². The largest absolute Gasteiger partial charge is 0.497 e. The minimum atomic E-state index is -0.629. The maximum atomic E-state index is 13.8. The van der Waals surface area contributed by atoms with Gasteiger partial charge in [-0.15, -0.1) is 0 Å². The summed E-state index contributed by atoms with van der Waals surface area (Å²) in [5, 5.41) is 11.1. The molecule has 0 saturated heterocycles. The maximum Gasteiger partial charge on any atom is 0.270 e. The quantitative estimate of drug-likeness (QED) is 0.338. The van der Waals surface area contributed by atoms with Crippen LogP contribution in [0.5, 0.6) is 11.5 Å². The number of hydrogen-bond donors (Lipinski definition) is 0. The number of nitro benzene ring substituents is 1.